The Kier molecular flexibility index (Phi) is 3.81. The van der Waals surface area contributed by atoms with Crippen molar-refractivity contribution in [2.45, 2.75) is 12.8 Å². The lowest BCUT2D eigenvalue weighted by atomic mass is 10.3. The topological polar surface area (TPSA) is 49.3 Å². The number of amides is 1. The largest absolute Gasteiger partial charge is 0.339 e. The molecule has 0 radical (unpaired) electrons. The minimum atomic E-state index is 0.0291. The van der Waals surface area contributed by atoms with Crippen LogP contribution in [-0.4, -0.2) is 40.9 Å². The van der Waals surface area contributed by atoms with Crippen molar-refractivity contribution >= 4 is 17.5 Å². The van der Waals surface area contributed by atoms with E-state index in [1.165, 1.54) is 0 Å². The first-order valence-corrected chi connectivity index (χ1v) is 7.16. The van der Waals surface area contributed by atoms with Crippen molar-refractivity contribution < 1.29 is 4.79 Å². The molecule has 5 heteroatoms. The summed E-state index contributed by atoms with van der Waals surface area (Å²) in [5.41, 5.74) is 1.57. The standard InChI is InChI=1S/C16H18N4O/c1-19(14-7-3-2-4-8-14)16-17-11-13(12-18-16)15(21)20-9-5-6-10-20/h2-4,7-8,11-12H,5-6,9-10H2,1H3. The number of nitrogens with zero attached hydrogens (tertiary/aromatic N) is 4. The zero-order valence-corrected chi connectivity index (χ0v) is 12.1. The van der Waals surface area contributed by atoms with E-state index in [1.54, 1.807) is 12.4 Å². The molecule has 0 spiro atoms. The molecule has 0 saturated carbocycles. The van der Waals surface area contributed by atoms with Crippen molar-refractivity contribution in [2.24, 2.45) is 0 Å². The minimum Gasteiger partial charge on any atom is -0.339 e. The van der Waals surface area contributed by atoms with Crippen molar-refractivity contribution in [1.82, 2.24) is 14.9 Å². The first kappa shape index (κ1) is 13.5. The van der Waals surface area contributed by atoms with Gasteiger partial charge in [-0.25, -0.2) is 9.97 Å². The monoisotopic (exact) mass is 282 g/mol. The maximum Gasteiger partial charge on any atom is 0.256 e. The molecule has 3 rings (SSSR count). The number of para-hydroxylation sites is 1. The maximum absolute atomic E-state index is 12.2. The molecule has 2 aromatic rings. The molecule has 108 valence electrons. The second kappa shape index (κ2) is 5.91. The Hall–Kier alpha value is -2.43. The highest BCUT2D eigenvalue weighted by molar-refractivity contribution is 5.93. The van der Waals surface area contributed by atoms with Crippen LogP contribution in [0, 0.1) is 0 Å². The molecule has 1 aliphatic rings. The first-order chi connectivity index (χ1) is 10.3. The molecule has 0 atom stereocenters. The minimum absolute atomic E-state index is 0.0291. The normalized spacial score (nSPS) is 14.2. The highest BCUT2D eigenvalue weighted by Gasteiger charge is 2.20. The second-order valence-electron chi connectivity index (χ2n) is 5.17. The molecular formula is C16H18N4O. The van der Waals surface area contributed by atoms with E-state index in [2.05, 4.69) is 9.97 Å². The van der Waals surface area contributed by atoms with E-state index >= 15 is 0 Å². The summed E-state index contributed by atoms with van der Waals surface area (Å²) in [7, 11) is 1.91. The maximum atomic E-state index is 12.2. The van der Waals surface area contributed by atoms with Gasteiger partial charge in [0.2, 0.25) is 5.95 Å². The Morgan fingerprint density at radius 1 is 1.10 bits per heavy atom. The van der Waals surface area contributed by atoms with Gasteiger partial charge in [0.25, 0.3) is 5.91 Å². The fourth-order valence-corrected chi connectivity index (χ4v) is 2.47. The number of likely N-dealkylation sites (tertiary alicyclic amines) is 1. The Balaban J connectivity index is 1.76. The average Bonchev–Trinajstić information content (AvgIpc) is 3.09. The summed E-state index contributed by atoms with van der Waals surface area (Å²) < 4.78 is 0. The fraction of sp³-hybridized carbons (Fsp3) is 0.312. The van der Waals surface area contributed by atoms with Crippen LogP contribution in [0.5, 0.6) is 0 Å². The highest BCUT2D eigenvalue weighted by Crippen LogP contribution is 2.19. The van der Waals surface area contributed by atoms with E-state index < -0.39 is 0 Å². The van der Waals surface area contributed by atoms with Crippen LogP contribution in [0.25, 0.3) is 0 Å². The van der Waals surface area contributed by atoms with Crippen LogP contribution in [0.4, 0.5) is 11.6 Å². The molecule has 0 unspecified atom stereocenters. The van der Waals surface area contributed by atoms with E-state index in [-0.39, 0.29) is 5.91 Å². The average molecular weight is 282 g/mol. The summed E-state index contributed by atoms with van der Waals surface area (Å²) in [6.45, 7) is 1.68. The first-order valence-electron chi connectivity index (χ1n) is 7.16. The van der Waals surface area contributed by atoms with Crippen molar-refractivity contribution in [2.75, 3.05) is 25.0 Å². The Bertz CT molecular complexity index is 606. The molecule has 5 nitrogen and oxygen atoms in total. The number of benzene rings is 1. The number of hydrogen-bond donors (Lipinski definition) is 0. The quantitative estimate of drug-likeness (QED) is 0.868. The van der Waals surface area contributed by atoms with Crippen molar-refractivity contribution in [3.8, 4) is 0 Å². The van der Waals surface area contributed by atoms with E-state index in [0.717, 1.165) is 31.6 Å². The molecule has 21 heavy (non-hydrogen) atoms. The lowest BCUT2D eigenvalue weighted by molar-refractivity contribution is 0.0792. The Morgan fingerprint density at radius 3 is 2.33 bits per heavy atom. The zero-order valence-electron chi connectivity index (χ0n) is 12.1. The van der Waals surface area contributed by atoms with Gasteiger partial charge in [-0.15, -0.1) is 0 Å². The van der Waals surface area contributed by atoms with Crippen LogP contribution in [0.1, 0.15) is 23.2 Å². The predicted molar refractivity (Wildman–Crippen MR) is 81.7 cm³/mol. The van der Waals surface area contributed by atoms with Crippen LogP contribution in [0.15, 0.2) is 42.7 Å². The molecule has 1 aliphatic heterocycles. The molecule has 2 heterocycles. The van der Waals surface area contributed by atoms with Gasteiger partial charge in [0.15, 0.2) is 0 Å². The molecule has 1 aromatic heterocycles. The van der Waals surface area contributed by atoms with Crippen LogP contribution >= 0.6 is 0 Å². The number of hydrogen-bond acceptors (Lipinski definition) is 4. The number of rotatable bonds is 3. The number of aromatic nitrogens is 2. The predicted octanol–water partition coefficient (Wildman–Crippen LogP) is 2.48. The highest BCUT2D eigenvalue weighted by atomic mass is 16.2. The summed E-state index contributed by atoms with van der Waals surface area (Å²) in [4.78, 5) is 24.6. The SMILES string of the molecule is CN(c1ccccc1)c1ncc(C(=O)N2CCCC2)cn1. The second-order valence-corrected chi connectivity index (χ2v) is 5.17. The lowest BCUT2D eigenvalue weighted by Gasteiger charge is -2.18. The van der Waals surface area contributed by atoms with Gasteiger partial charge in [-0.05, 0) is 25.0 Å². The van der Waals surface area contributed by atoms with Gasteiger partial charge < -0.3 is 9.80 Å². The van der Waals surface area contributed by atoms with Gasteiger partial charge in [-0.3, -0.25) is 4.79 Å². The van der Waals surface area contributed by atoms with Crippen molar-refractivity contribution in [3.63, 3.8) is 0 Å². The van der Waals surface area contributed by atoms with Gasteiger partial charge in [-0.2, -0.15) is 0 Å². The number of carbonyl (C=O) groups is 1. The van der Waals surface area contributed by atoms with E-state index in [0.29, 0.717) is 11.5 Å². The molecule has 0 N–H and O–H groups in total. The van der Waals surface area contributed by atoms with Gasteiger partial charge in [0, 0.05) is 38.2 Å². The molecule has 0 aliphatic carbocycles. The molecule has 1 saturated heterocycles. The number of anilines is 2. The third-order valence-corrected chi connectivity index (χ3v) is 3.72. The Morgan fingerprint density at radius 2 is 1.71 bits per heavy atom. The zero-order chi connectivity index (χ0) is 14.7. The molecule has 1 fully saturated rings. The lowest BCUT2D eigenvalue weighted by Crippen LogP contribution is -2.28. The summed E-state index contributed by atoms with van der Waals surface area (Å²) in [5.74, 6) is 0.612. The van der Waals surface area contributed by atoms with Gasteiger partial charge in [0.1, 0.15) is 0 Å². The fourth-order valence-electron chi connectivity index (χ4n) is 2.47. The van der Waals surface area contributed by atoms with E-state index in [1.807, 2.05) is 47.2 Å². The van der Waals surface area contributed by atoms with Gasteiger partial charge in [-0.1, -0.05) is 18.2 Å². The van der Waals surface area contributed by atoms with E-state index in [9.17, 15) is 4.79 Å². The molecule has 1 amide bonds. The van der Waals surface area contributed by atoms with Crippen LogP contribution in [-0.2, 0) is 0 Å². The Labute approximate surface area is 124 Å². The number of carbonyl (C=O) groups excluding carboxylic acids is 1. The molecule has 0 bridgehead atoms. The van der Waals surface area contributed by atoms with Gasteiger partial charge >= 0.3 is 0 Å². The summed E-state index contributed by atoms with van der Waals surface area (Å²) in [6, 6.07) is 9.89. The smallest absolute Gasteiger partial charge is 0.256 e. The van der Waals surface area contributed by atoms with Crippen LogP contribution < -0.4 is 4.90 Å². The third-order valence-electron chi connectivity index (χ3n) is 3.72. The molecule has 1 aromatic carbocycles. The van der Waals surface area contributed by atoms with Crippen LogP contribution in [0.3, 0.4) is 0 Å². The summed E-state index contributed by atoms with van der Waals surface area (Å²) >= 11 is 0. The molecular weight excluding hydrogens is 264 g/mol. The summed E-state index contributed by atoms with van der Waals surface area (Å²) in [6.07, 6.45) is 5.40. The van der Waals surface area contributed by atoms with Crippen LogP contribution in [0.2, 0.25) is 0 Å². The third kappa shape index (κ3) is 2.86. The van der Waals surface area contributed by atoms with Gasteiger partial charge in [0.05, 0.1) is 5.56 Å². The van der Waals surface area contributed by atoms with E-state index in [4.69, 9.17) is 0 Å². The van der Waals surface area contributed by atoms with Crippen molar-refractivity contribution in [1.29, 1.82) is 0 Å². The summed E-state index contributed by atoms with van der Waals surface area (Å²) in [5, 5.41) is 0. The van der Waals surface area contributed by atoms with Crippen molar-refractivity contribution in [3.05, 3.63) is 48.3 Å².